The van der Waals surface area contributed by atoms with E-state index < -0.39 is 0 Å². The lowest BCUT2D eigenvalue weighted by Gasteiger charge is -2.02. The molecule has 0 aliphatic carbocycles. The van der Waals surface area contributed by atoms with Crippen molar-refractivity contribution in [2.75, 3.05) is 5.43 Å². The lowest BCUT2D eigenvalue weighted by atomic mass is 10.3. The summed E-state index contributed by atoms with van der Waals surface area (Å²) in [5.74, 6) is 0.396. The maximum Gasteiger partial charge on any atom is 0.162 e. The van der Waals surface area contributed by atoms with Gasteiger partial charge in [-0.05, 0) is 46.8 Å². The fourth-order valence-electron chi connectivity index (χ4n) is 1.87. The van der Waals surface area contributed by atoms with Crippen molar-refractivity contribution in [2.45, 2.75) is 6.42 Å². The third-order valence-corrected chi connectivity index (χ3v) is 2.94. The minimum absolute atomic E-state index is 0.281. The predicted molar refractivity (Wildman–Crippen MR) is 81.4 cm³/mol. The third-order valence-electron chi connectivity index (χ3n) is 2.94. The Hall–Kier alpha value is -3.09. The normalized spacial score (nSPS) is 11.0. The van der Waals surface area contributed by atoms with Crippen LogP contribution < -0.4 is 5.43 Å². The van der Waals surface area contributed by atoms with Crippen molar-refractivity contribution in [3.05, 3.63) is 66.2 Å². The van der Waals surface area contributed by atoms with Gasteiger partial charge in [-0.2, -0.15) is 9.78 Å². The van der Waals surface area contributed by atoms with Crippen LogP contribution in [-0.2, 0) is 6.42 Å². The van der Waals surface area contributed by atoms with E-state index in [2.05, 4.69) is 26.1 Å². The summed E-state index contributed by atoms with van der Waals surface area (Å²) in [6, 6.07) is 15.6. The Balaban J connectivity index is 1.64. The van der Waals surface area contributed by atoms with Crippen molar-refractivity contribution in [3.8, 4) is 5.69 Å². The first-order valence-corrected chi connectivity index (χ1v) is 6.69. The van der Waals surface area contributed by atoms with Crippen LogP contribution >= 0.6 is 0 Å². The Morgan fingerprint density at radius 2 is 1.86 bits per heavy atom. The molecular formula is C15H13FN6. The van der Waals surface area contributed by atoms with E-state index in [0.717, 1.165) is 5.69 Å². The monoisotopic (exact) mass is 296 g/mol. The highest BCUT2D eigenvalue weighted by atomic mass is 19.1. The van der Waals surface area contributed by atoms with Crippen LogP contribution in [0.4, 0.5) is 10.1 Å². The molecular weight excluding hydrogens is 283 g/mol. The summed E-state index contributed by atoms with van der Waals surface area (Å²) in [7, 11) is 0. The molecule has 0 amide bonds. The Kier molecular flexibility index (Phi) is 4.15. The number of nitrogens with one attached hydrogen (secondary N) is 1. The van der Waals surface area contributed by atoms with Crippen LogP contribution in [0.2, 0.25) is 0 Å². The maximum absolute atomic E-state index is 12.8. The van der Waals surface area contributed by atoms with Crippen LogP contribution in [0.25, 0.3) is 5.69 Å². The fraction of sp³-hybridized carbons (Fsp3) is 0.0667. The number of rotatable bonds is 5. The number of hydrogen-bond acceptors (Lipinski definition) is 5. The van der Waals surface area contributed by atoms with E-state index in [-0.39, 0.29) is 5.82 Å². The minimum Gasteiger partial charge on any atom is -0.279 e. The van der Waals surface area contributed by atoms with Crippen LogP contribution in [0.15, 0.2) is 59.7 Å². The van der Waals surface area contributed by atoms with Crippen LogP contribution in [0.3, 0.4) is 0 Å². The molecule has 0 spiro atoms. The molecule has 0 radical (unpaired) electrons. The molecule has 1 N–H and O–H groups in total. The number of halogens is 1. The molecule has 22 heavy (non-hydrogen) atoms. The molecule has 7 heteroatoms. The van der Waals surface area contributed by atoms with E-state index >= 15 is 0 Å². The molecule has 0 atom stereocenters. The van der Waals surface area contributed by atoms with Gasteiger partial charge in [0.15, 0.2) is 5.82 Å². The summed E-state index contributed by atoms with van der Waals surface area (Å²) in [4.78, 5) is 0. The van der Waals surface area contributed by atoms with E-state index in [1.807, 2.05) is 30.3 Å². The van der Waals surface area contributed by atoms with Gasteiger partial charge < -0.3 is 0 Å². The highest BCUT2D eigenvalue weighted by molar-refractivity contribution is 5.62. The summed E-state index contributed by atoms with van der Waals surface area (Å²) >= 11 is 0. The van der Waals surface area contributed by atoms with Gasteiger partial charge in [0.1, 0.15) is 5.82 Å². The molecule has 0 saturated carbocycles. The molecule has 0 unspecified atom stereocenters. The molecule has 2 aromatic carbocycles. The zero-order valence-corrected chi connectivity index (χ0v) is 11.6. The molecule has 0 saturated heterocycles. The highest BCUT2D eigenvalue weighted by Gasteiger charge is 2.05. The molecule has 3 aromatic rings. The second-order valence-electron chi connectivity index (χ2n) is 4.48. The zero-order valence-electron chi connectivity index (χ0n) is 11.6. The van der Waals surface area contributed by atoms with E-state index in [4.69, 9.17) is 0 Å². The number of nitrogens with zero attached hydrogens (tertiary/aromatic N) is 5. The van der Waals surface area contributed by atoms with Crippen LogP contribution in [0.5, 0.6) is 0 Å². The second kappa shape index (κ2) is 6.57. The highest BCUT2D eigenvalue weighted by Crippen LogP contribution is 2.08. The molecule has 0 fully saturated rings. The standard InChI is InChI=1S/C15H13FN6/c16-12-6-8-13(9-7-12)18-17-11-10-15-19-20-21-22(15)14-4-2-1-3-5-14/h1-9,11,18H,10H2/b17-11+. The van der Waals surface area contributed by atoms with Gasteiger partial charge in [-0.15, -0.1) is 5.10 Å². The molecule has 1 heterocycles. The van der Waals surface area contributed by atoms with Gasteiger partial charge in [-0.3, -0.25) is 5.43 Å². The largest absolute Gasteiger partial charge is 0.279 e. The van der Waals surface area contributed by atoms with Gasteiger partial charge in [0.2, 0.25) is 0 Å². The summed E-state index contributed by atoms with van der Waals surface area (Å²) in [5.41, 5.74) is 4.42. The average molecular weight is 296 g/mol. The topological polar surface area (TPSA) is 68.0 Å². The van der Waals surface area contributed by atoms with Gasteiger partial charge in [0, 0.05) is 12.6 Å². The Morgan fingerprint density at radius 1 is 1.09 bits per heavy atom. The number of para-hydroxylation sites is 1. The summed E-state index contributed by atoms with van der Waals surface area (Å²) in [6.45, 7) is 0. The first-order chi connectivity index (χ1) is 10.8. The average Bonchev–Trinajstić information content (AvgIpc) is 3.02. The lowest BCUT2D eigenvalue weighted by Crippen LogP contribution is -2.04. The van der Waals surface area contributed by atoms with Gasteiger partial charge in [0.25, 0.3) is 0 Å². The zero-order chi connectivity index (χ0) is 15.2. The second-order valence-corrected chi connectivity index (χ2v) is 4.48. The number of tetrazole rings is 1. The van der Waals surface area contributed by atoms with Gasteiger partial charge >= 0.3 is 0 Å². The Labute approximate surface area is 126 Å². The van der Waals surface area contributed by atoms with Crippen molar-refractivity contribution in [1.82, 2.24) is 20.2 Å². The molecule has 6 nitrogen and oxygen atoms in total. The van der Waals surface area contributed by atoms with E-state index in [1.54, 1.807) is 23.0 Å². The molecule has 3 rings (SSSR count). The van der Waals surface area contributed by atoms with E-state index in [1.165, 1.54) is 12.1 Å². The maximum atomic E-state index is 12.8. The number of hydrogen-bond donors (Lipinski definition) is 1. The van der Waals surface area contributed by atoms with Crippen molar-refractivity contribution in [1.29, 1.82) is 0 Å². The molecule has 0 bridgehead atoms. The number of benzene rings is 2. The fourth-order valence-corrected chi connectivity index (χ4v) is 1.87. The van der Waals surface area contributed by atoms with Gasteiger partial charge in [-0.25, -0.2) is 4.39 Å². The minimum atomic E-state index is -0.281. The summed E-state index contributed by atoms with van der Waals surface area (Å²) in [6.07, 6.45) is 2.13. The van der Waals surface area contributed by atoms with E-state index in [0.29, 0.717) is 17.9 Å². The van der Waals surface area contributed by atoms with E-state index in [9.17, 15) is 4.39 Å². The summed E-state index contributed by atoms with van der Waals surface area (Å²) < 4.78 is 14.4. The predicted octanol–water partition coefficient (Wildman–Crippen LogP) is 2.44. The first kappa shape index (κ1) is 13.9. The molecule has 0 aliphatic heterocycles. The summed E-state index contributed by atoms with van der Waals surface area (Å²) in [5, 5.41) is 15.7. The van der Waals surface area contributed by atoms with Crippen molar-refractivity contribution in [2.24, 2.45) is 5.10 Å². The lowest BCUT2D eigenvalue weighted by molar-refractivity contribution is 0.628. The van der Waals surface area contributed by atoms with Gasteiger partial charge in [-0.1, -0.05) is 18.2 Å². The quantitative estimate of drug-likeness (QED) is 0.580. The van der Waals surface area contributed by atoms with Crippen LogP contribution in [0, 0.1) is 5.82 Å². The van der Waals surface area contributed by atoms with Crippen molar-refractivity contribution < 1.29 is 4.39 Å². The number of aromatic nitrogens is 4. The molecule has 1 aromatic heterocycles. The number of anilines is 1. The Morgan fingerprint density at radius 3 is 2.64 bits per heavy atom. The Bertz CT molecular complexity index is 751. The van der Waals surface area contributed by atoms with Crippen molar-refractivity contribution in [3.63, 3.8) is 0 Å². The van der Waals surface area contributed by atoms with Gasteiger partial charge in [0.05, 0.1) is 11.4 Å². The first-order valence-electron chi connectivity index (χ1n) is 6.69. The SMILES string of the molecule is Fc1ccc(N/N=C/Cc2nnnn2-c2ccccc2)cc1. The molecule has 0 aliphatic rings. The number of hydrazone groups is 1. The van der Waals surface area contributed by atoms with Crippen LogP contribution in [-0.4, -0.2) is 26.4 Å². The van der Waals surface area contributed by atoms with Crippen molar-refractivity contribution >= 4 is 11.9 Å². The van der Waals surface area contributed by atoms with Crippen LogP contribution in [0.1, 0.15) is 5.82 Å². The smallest absolute Gasteiger partial charge is 0.162 e. The third kappa shape index (κ3) is 3.32. The molecule has 110 valence electrons.